The number of nitrogens with zero attached hydrogens (tertiary/aromatic N) is 1. The molecule has 94 valence electrons. The van der Waals surface area contributed by atoms with E-state index in [2.05, 4.69) is 24.1 Å². The Balaban J connectivity index is 0. The Labute approximate surface area is 92.7 Å². The lowest BCUT2D eigenvalue weighted by molar-refractivity contribution is 0.208. The number of hydrogen-bond acceptors (Lipinski definition) is 5. The summed E-state index contributed by atoms with van der Waals surface area (Å²) in [4.78, 5) is 2.18. The summed E-state index contributed by atoms with van der Waals surface area (Å²) in [5.74, 6) is 0. The van der Waals surface area contributed by atoms with Crippen LogP contribution in [0.3, 0.4) is 0 Å². The van der Waals surface area contributed by atoms with Crippen molar-refractivity contribution >= 4 is 0 Å². The first-order chi connectivity index (χ1) is 7.26. The Hall–Kier alpha value is -0.200. The van der Waals surface area contributed by atoms with Crippen molar-refractivity contribution in [3.63, 3.8) is 0 Å². The van der Waals surface area contributed by atoms with Gasteiger partial charge in [-0.3, -0.25) is 0 Å². The molecule has 0 unspecified atom stereocenters. The maximum Gasteiger partial charge on any atom is 0.0558 e. The Kier molecular flexibility index (Phi) is 18.6. The second kappa shape index (κ2) is 16.2. The molecule has 0 aliphatic rings. The molecule has 0 aromatic heterocycles. The second-order valence-electron chi connectivity index (χ2n) is 2.95. The van der Waals surface area contributed by atoms with E-state index >= 15 is 0 Å². The van der Waals surface area contributed by atoms with Gasteiger partial charge >= 0.3 is 0 Å². The SMILES string of the molecule is CCN(CC)CCO.OCCNCCO. The number of rotatable bonds is 8. The van der Waals surface area contributed by atoms with Crippen LogP contribution in [-0.2, 0) is 0 Å². The number of hydrogen-bond donors (Lipinski definition) is 4. The van der Waals surface area contributed by atoms with Gasteiger partial charge in [0, 0.05) is 19.6 Å². The molecule has 0 spiro atoms. The summed E-state index contributed by atoms with van der Waals surface area (Å²) in [5, 5.41) is 27.5. The van der Waals surface area contributed by atoms with Gasteiger partial charge in [-0.2, -0.15) is 0 Å². The third-order valence-corrected chi connectivity index (χ3v) is 1.89. The van der Waals surface area contributed by atoms with E-state index in [0.29, 0.717) is 13.1 Å². The van der Waals surface area contributed by atoms with Gasteiger partial charge < -0.3 is 25.5 Å². The lowest BCUT2D eigenvalue weighted by atomic mass is 10.5. The van der Waals surface area contributed by atoms with Gasteiger partial charge in [-0.05, 0) is 13.1 Å². The molecule has 15 heavy (non-hydrogen) atoms. The van der Waals surface area contributed by atoms with Crippen LogP contribution in [0.4, 0.5) is 0 Å². The number of likely N-dealkylation sites (N-methyl/N-ethyl adjacent to an activating group) is 1. The molecule has 0 aliphatic heterocycles. The van der Waals surface area contributed by atoms with Gasteiger partial charge in [0.25, 0.3) is 0 Å². The van der Waals surface area contributed by atoms with Crippen LogP contribution in [0.15, 0.2) is 0 Å². The van der Waals surface area contributed by atoms with Crippen molar-refractivity contribution in [3.8, 4) is 0 Å². The maximum atomic E-state index is 8.46. The van der Waals surface area contributed by atoms with Crippen LogP contribution in [0.5, 0.6) is 0 Å². The topological polar surface area (TPSA) is 76.0 Å². The first kappa shape index (κ1) is 17.2. The van der Waals surface area contributed by atoms with Crippen molar-refractivity contribution in [2.24, 2.45) is 0 Å². The van der Waals surface area contributed by atoms with Crippen molar-refractivity contribution < 1.29 is 15.3 Å². The van der Waals surface area contributed by atoms with E-state index in [4.69, 9.17) is 15.3 Å². The van der Waals surface area contributed by atoms with E-state index in [-0.39, 0.29) is 19.8 Å². The lowest BCUT2D eigenvalue weighted by Gasteiger charge is -2.15. The molecule has 0 heterocycles. The normalized spacial score (nSPS) is 10.0. The van der Waals surface area contributed by atoms with Crippen molar-refractivity contribution in [2.45, 2.75) is 13.8 Å². The molecule has 0 amide bonds. The van der Waals surface area contributed by atoms with E-state index in [1.54, 1.807) is 0 Å². The van der Waals surface area contributed by atoms with E-state index < -0.39 is 0 Å². The molecule has 4 N–H and O–H groups in total. The van der Waals surface area contributed by atoms with Crippen LogP contribution in [0.25, 0.3) is 0 Å². The van der Waals surface area contributed by atoms with Crippen LogP contribution >= 0.6 is 0 Å². The summed E-state index contributed by atoms with van der Waals surface area (Å²) in [7, 11) is 0. The Morgan fingerprint density at radius 2 is 1.33 bits per heavy atom. The Morgan fingerprint density at radius 3 is 1.53 bits per heavy atom. The highest BCUT2D eigenvalue weighted by molar-refractivity contribution is 4.47. The molecular weight excluding hydrogens is 196 g/mol. The van der Waals surface area contributed by atoms with Crippen LogP contribution < -0.4 is 5.32 Å². The van der Waals surface area contributed by atoms with Gasteiger partial charge in [0.05, 0.1) is 19.8 Å². The number of aliphatic hydroxyl groups excluding tert-OH is 3. The van der Waals surface area contributed by atoms with E-state index in [0.717, 1.165) is 19.6 Å². The molecule has 0 atom stereocenters. The first-order valence-electron chi connectivity index (χ1n) is 5.52. The molecule has 0 aliphatic carbocycles. The monoisotopic (exact) mass is 222 g/mol. The number of aliphatic hydroxyl groups is 3. The first-order valence-corrected chi connectivity index (χ1v) is 5.52. The average Bonchev–Trinajstić information content (AvgIpc) is 2.27. The van der Waals surface area contributed by atoms with Crippen molar-refractivity contribution in [3.05, 3.63) is 0 Å². The van der Waals surface area contributed by atoms with Crippen LogP contribution in [0, 0.1) is 0 Å². The Bertz CT molecular complexity index is 96.7. The molecule has 5 nitrogen and oxygen atoms in total. The predicted octanol–water partition coefficient (Wildman–Crippen LogP) is -1.12. The zero-order valence-electron chi connectivity index (χ0n) is 9.95. The molecule has 0 aromatic rings. The summed E-state index contributed by atoms with van der Waals surface area (Å²) < 4.78 is 0. The fourth-order valence-electron chi connectivity index (χ4n) is 0.964. The summed E-state index contributed by atoms with van der Waals surface area (Å²) >= 11 is 0. The van der Waals surface area contributed by atoms with Gasteiger partial charge in [-0.15, -0.1) is 0 Å². The summed E-state index contributed by atoms with van der Waals surface area (Å²) in [6, 6.07) is 0. The van der Waals surface area contributed by atoms with Crippen LogP contribution in [-0.4, -0.2) is 72.8 Å². The highest BCUT2D eigenvalue weighted by atomic mass is 16.3. The number of nitrogens with one attached hydrogen (secondary N) is 1. The predicted molar refractivity (Wildman–Crippen MR) is 61.9 cm³/mol. The molecule has 0 bridgehead atoms. The molecular formula is C10H26N2O3. The van der Waals surface area contributed by atoms with Crippen LogP contribution in [0.1, 0.15) is 13.8 Å². The summed E-state index contributed by atoms with van der Waals surface area (Å²) in [5.41, 5.74) is 0. The zero-order chi connectivity index (χ0) is 11.9. The zero-order valence-corrected chi connectivity index (χ0v) is 9.95. The quantitative estimate of drug-likeness (QED) is 0.392. The Morgan fingerprint density at radius 1 is 0.867 bits per heavy atom. The van der Waals surface area contributed by atoms with E-state index in [9.17, 15) is 0 Å². The van der Waals surface area contributed by atoms with Gasteiger partial charge in [0.15, 0.2) is 0 Å². The summed E-state index contributed by atoms with van der Waals surface area (Å²) in [6.45, 7) is 8.78. The molecule has 0 fully saturated rings. The largest absolute Gasteiger partial charge is 0.395 e. The van der Waals surface area contributed by atoms with E-state index in [1.165, 1.54) is 0 Å². The molecule has 5 heteroatoms. The van der Waals surface area contributed by atoms with Gasteiger partial charge in [-0.25, -0.2) is 0 Å². The third-order valence-electron chi connectivity index (χ3n) is 1.89. The van der Waals surface area contributed by atoms with Crippen molar-refractivity contribution in [1.29, 1.82) is 0 Å². The molecule has 0 saturated carbocycles. The smallest absolute Gasteiger partial charge is 0.0558 e. The minimum Gasteiger partial charge on any atom is -0.395 e. The maximum absolute atomic E-state index is 8.46. The van der Waals surface area contributed by atoms with Gasteiger partial charge in [-0.1, -0.05) is 13.8 Å². The minimum absolute atomic E-state index is 0.139. The third kappa shape index (κ3) is 16.5. The van der Waals surface area contributed by atoms with E-state index in [1.807, 2.05) is 0 Å². The summed E-state index contributed by atoms with van der Waals surface area (Å²) in [6.07, 6.45) is 0. The van der Waals surface area contributed by atoms with Gasteiger partial charge in [0.1, 0.15) is 0 Å². The lowest BCUT2D eigenvalue weighted by Crippen LogP contribution is -2.25. The molecule has 0 saturated heterocycles. The fourth-order valence-corrected chi connectivity index (χ4v) is 0.964. The van der Waals surface area contributed by atoms with Crippen LogP contribution in [0.2, 0.25) is 0 Å². The average molecular weight is 222 g/mol. The van der Waals surface area contributed by atoms with Crippen molar-refractivity contribution in [1.82, 2.24) is 10.2 Å². The minimum atomic E-state index is 0.139. The van der Waals surface area contributed by atoms with Crippen molar-refractivity contribution in [2.75, 3.05) is 52.5 Å². The molecule has 0 rings (SSSR count). The fraction of sp³-hybridized carbons (Fsp3) is 1.00. The highest BCUT2D eigenvalue weighted by Crippen LogP contribution is 1.82. The standard InChI is InChI=1S/C6H15NO.C4H11NO2/c1-3-7(4-2)5-6-8;6-3-1-5-2-4-7/h8H,3-6H2,1-2H3;5-7H,1-4H2. The molecule has 0 aromatic carbocycles. The van der Waals surface area contributed by atoms with Gasteiger partial charge in [0.2, 0.25) is 0 Å². The molecule has 0 radical (unpaired) electrons. The second-order valence-corrected chi connectivity index (χ2v) is 2.95. The highest BCUT2D eigenvalue weighted by Gasteiger charge is 1.93.